The van der Waals surface area contributed by atoms with Crippen LogP contribution in [0.1, 0.15) is 29.7 Å². The molecule has 1 aromatic rings. The van der Waals surface area contributed by atoms with Crippen molar-refractivity contribution in [3.8, 4) is 11.5 Å². The van der Waals surface area contributed by atoms with Crippen LogP contribution in [0.4, 0.5) is 0 Å². The molecule has 0 bridgehead atoms. The zero-order chi connectivity index (χ0) is 13.8. The summed E-state index contributed by atoms with van der Waals surface area (Å²) in [4.78, 5) is 0.130. The molecule has 0 N–H and O–H groups in total. The molecule has 0 amide bonds. The molecule has 3 nitrogen and oxygen atoms in total. The van der Waals surface area contributed by atoms with Gasteiger partial charge in [0.2, 0.25) is 0 Å². The van der Waals surface area contributed by atoms with E-state index in [9.17, 15) is 0 Å². The smallest absolute Gasteiger partial charge is 0.141 e. The van der Waals surface area contributed by atoms with E-state index in [-0.39, 0.29) is 10.9 Å². The van der Waals surface area contributed by atoms with E-state index in [1.54, 1.807) is 14.2 Å². The molecular formula is C14H18Br2O3. The molecule has 5 heteroatoms. The molecule has 1 saturated heterocycles. The van der Waals surface area contributed by atoms with Crippen molar-refractivity contribution < 1.29 is 14.2 Å². The summed E-state index contributed by atoms with van der Waals surface area (Å²) < 4.78 is 17.5. The van der Waals surface area contributed by atoms with Gasteiger partial charge in [0.25, 0.3) is 0 Å². The summed E-state index contributed by atoms with van der Waals surface area (Å²) in [5.41, 5.74) is 1.09. The lowest BCUT2D eigenvalue weighted by Gasteiger charge is -2.28. The Morgan fingerprint density at radius 3 is 2.63 bits per heavy atom. The van der Waals surface area contributed by atoms with Gasteiger partial charge in [-0.1, -0.05) is 22.0 Å². The normalized spacial score (nSPS) is 20.9. The van der Waals surface area contributed by atoms with E-state index in [0.29, 0.717) is 0 Å². The third-order valence-electron chi connectivity index (χ3n) is 3.35. The number of hydrogen-bond acceptors (Lipinski definition) is 3. The number of methoxy groups -OCH3 is 2. The van der Waals surface area contributed by atoms with Crippen molar-refractivity contribution in [1.82, 2.24) is 0 Å². The highest BCUT2D eigenvalue weighted by Crippen LogP contribution is 2.44. The Morgan fingerprint density at radius 1 is 1.26 bits per heavy atom. The van der Waals surface area contributed by atoms with E-state index >= 15 is 0 Å². The van der Waals surface area contributed by atoms with E-state index < -0.39 is 0 Å². The van der Waals surface area contributed by atoms with Gasteiger partial charge in [0.15, 0.2) is 0 Å². The monoisotopic (exact) mass is 392 g/mol. The van der Waals surface area contributed by atoms with Gasteiger partial charge in [-0.25, -0.2) is 0 Å². The van der Waals surface area contributed by atoms with Crippen LogP contribution in [0.3, 0.4) is 0 Å². The summed E-state index contributed by atoms with van der Waals surface area (Å²) in [7, 11) is 3.32. The molecule has 106 valence electrons. The highest BCUT2D eigenvalue weighted by Gasteiger charge is 2.27. The first-order chi connectivity index (χ1) is 9.19. The second-order valence-electron chi connectivity index (χ2n) is 4.51. The van der Waals surface area contributed by atoms with E-state index in [0.717, 1.165) is 41.0 Å². The van der Waals surface area contributed by atoms with Crippen molar-refractivity contribution in [2.75, 3.05) is 20.8 Å². The number of hydrogen-bond donors (Lipinski definition) is 0. The minimum atomic E-state index is 0.130. The van der Waals surface area contributed by atoms with Crippen LogP contribution in [0.15, 0.2) is 16.6 Å². The van der Waals surface area contributed by atoms with E-state index in [4.69, 9.17) is 14.2 Å². The zero-order valence-corrected chi connectivity index (χ0v) is 14.3. The first-order valence-electron chi connectivity index (χ1n) is 6.35. The Kier molecular flexibility index (Phi) is 5.54. The molecule has 2 rings (SSSR count). The second kappa shape index (κ2) is 6.95. The summed E-state index contributed by atoms with van der Waals surface area (Å²) in [5.74, 6) is 1.57. The van der Waals surface area contributed by atoms with E-state index in [2.05, 4.69) is 31.9 Å². The molecule has 0 radical (unpaired) electrons. The molecule has 1 heterocycles. The molecule has 0 saturated carbocycles. The number of rotatable bonds is 4. The van der Waals surface area contributed by atoms with Gasteiger partial charge in [-0.3, -0.25) is 0 Å². The Labute approximate surface area is 130 Å². The van der Waals surface area contributed by atoms with Gasteiger partial charge in [-0.15, -0.1) is 0 Å². The van der Waals surface area contributed by atoms with Crippen LogP contribution in [0.25, 0.3) is 0 Å². The number of halogens is 2. The predicted octanol–water partition coefficient (Wildman–Crippen LogP) is 4.47. The van der Waals surface area contributed by atoms with Crippen LogP contribution in [-0.2, 0) is 4.74 Å². The SMILES string of the molecule is COc1ccc(C(Br)C2CCCCO2)c(OC)c1Br. The summed E-state index contributed by atoms with van der Waals surface area (Å²) in [6.07, 6.45) is 3.64. The topological polar surface area (TPSA) is 27.7 Å². The fraction of sp³-hybridized carbons (Fsp3) is 0.571. The third kappa shape index (κ3) is 3.26. The standard InChI is InChI=1S/C14H18Br2O3/c1-17-10-7-6-9(14(18-2)13(10)16)12(15)11-5-3-4-8-19-11/h6-7,11-12H,3-5,8H2,1-2H3. The molecule has 2 atom stereocenters. The van der Waals surface area contributed by atoms with Crippen LogP contribution in [-0.4, -0.2) is 26.9 Å². The summed E-state index contributed by atoms with van der Waals surface area (Å²) in [6.45, 7) is 0.840. The van der Waals surface area contributed by atoms with Crippen LogP contribution in [0, 0.1) is 0 Å². The Balaban J connectivity index is 2.30. The van der Waals surface area contributed by atoms with Crippen molar-refractivity contribution in [3.05, 3.63) is 22.2 Å². The molecule has 1 aliphatic heterocycles. The number of ether oxygens (including phenoxy) is 3. The molecule has 0 spiro atoms. The van der Waals surface area contributed by atoms with E-state index in [1.807, 2.05) is 12.1 Å². The van der Waals surface area contributed by atoms with Crippen molar-refractivity contribution >= 4 is 31.9 Å². The zero-order valence-electron chi connectivity index (χ0n) is 11.1. The van der Waals surface area contributed by atoms with Gasteiger partial charge in [-0.2, -0.15) is 0 Å². The van der Waals surface area contributed by atoms with Gasteiger partial charge in [0.05, 0.1) is 25.2 Å². The lowest BCUT2D eigenvalue weighted by Crippen LogP contribution is -2.23. The van der Waals surface area contributed by atoms with Crippen LogP contribution in [0.2, 0.25) is 0 Å². The van der Waals surface area contributed by atoms with Crippen LogP contribution >= 0.6 is 31.9 Å². The quantitative estimate of drug-likeness (QED) is 0.706. The summed E-state index contributed by atoms with van der Waals surface area (Å²) in [6, 6.07) is 3.97. The first kappa shape index (κ1) is 15.1. The van der Waals surface area contributed by atoms with Gasteiger partial charge >= 0.3 is 0 Å². The molecular weight excluding hydrogens is 376 g/mol. The molecule has 2 unspecified atom stereocenters. The first-order valence-corrected chi connectivity index (χ1v) is 8.06. The minimum Gasteiger partial charge on any atom is -0.495 e. The maximum Gasteiger partial charge on any atom is 0.141 e. The molecule has 1 aromatic carbocycles. The maximum absolute atomic E-state index is 5.84. The molecule has 0 aliphatic carbocycles. The predicted molar refractivity (Wildman–Crippen MR) is 82.5 cm³/mol. The highest BCUT2D eigenvalue weighted by atomic mass is 79.9. The van der Waals surface area contributed by atoms with Crippen molar-refractivity contribution in [1.29, 1.82) is 0 Å². The minimum absolute atomic E-state index is 0.130. The van der Waals surface area contributed by atoms with Crippen molar-refractivity contribution in [2.24, 2.45) is 0 Å². The largest absolute Gasteiger partial charge is 0.495 e. The highest BCUT2D eigenvalue weighted by molar-refractivity contribution is 9.10. The lowest BCUT2D eigenvalue weighted by atomic mass is 10.0. The molecule has 19 heavy (non-hydrogen) atoms. The lowest BCUT2D eigenvalue weighted by molar-refractivity contribution is 0.0157. The summed E-state index contributed by atoms with van der Waals surface area (Å²) >= 11 is 7.29. The third-order valence-corrected chi connectivity index (χ3v) is 5.19. The van der Waals surface area contributed by atoms with Crippen LogP contribution < -0.4 is 9.47 Å². The van der Waals surface area contributed by atoms with Crippen molar-refractivity contribution in [3.63, 3.8) is 0 Å². The number of benzene rings is 1. The van der Waals surface area contributed by atoms with Gasteiger partial charge < -0.3 is 14.2 Å². The average molecular weight is 394 g/mol. The number of alkyl halides is 1. The fourth-order valence-corrected chi connectivity index (χ4v) is 3.79. The fourth-order valence-electron chi connectivity index (χ4n) is 2.33. The average Bonchev–Trinajstić information content (AvgIpc) is 2.47. The second-order valence-corrected chi connectivity index (χ2v) is 6.29. The molecule has 0 aromatic heterocycles. The molecule has 1 aliphatic rings. The van der Waals surface area contributed by atoms with Gasteiger partial charge in [0.1, 0.15) is 16.0 Å². The Bertz CT molecular complexity index is 431. The van der Waals surface area contributed by atoms with Gasteiger partial charge in [0, 0.05) is 12.2 Å². The maximum atomic E-state index is 5.84. The molecule has 1 fully saturated rings. The summed E-state index contributed by atoms with van der Waals surface area (Å²) in [5, 5.41) is 0. The van der Waals surface area contributed by atoms with Crippen molar-refractivity contribution in [2.45, 2.75) is 30.2 Å². The Hall–Kier alpha value is -0.260. The Morgan fingerprint density at radius 2 is 2.05 bits per heavy atom. The van der Waals surface area contributed by atoms with Crippen LogP contribution in [0.5, 0.6) is 11.5 Å². The van der Waals surface area contributed by atoms with E-state index in [1.165, 1.54) is 6.42 Å². The van der Waals surface area contributed by atoms with Gasteiger partial charge in [-0.05, 0) is 41.3 Å².